The largest absolute Gasteiger partial charge is 0.465 e. The summed E-state index contributed by atoms with van der Waals surface area (Å²) in [7, 11) is 1.35. The minimum absolute atomic E-state index is 0.372. The minimum Gasteiger partial charge on any atom is -0.465 e. The van der Waals surface area contributed by atoms with E-state index in [9.17, 15) is 4.79 Å². The van der Waals surface area contributed by atoms with Crippen molar-refractivity contribution in [3.63, 3.8) is 0 Å². The van der Waals surface area contributed by atoms with Gasteiger partial charge in [-0.2, -0.15) is 0 Å². The van der Waals surface area contributed by atoms with E-state index < -0.39 is 0 Å². The van der Waals surface area contributed by atoms with Crippen LogP contribution in [0.2, 0.25) is 5.15 Å². The van der Waals surface area contributed by atoms with Crippen LogP contribution in [0.15, 0.2) is 30.5 Å². The van der Waals surface area contributed by atoms with Gasteiger partial charge in [-0.25, -0.2) is 9.78 Å². The monoisotopic (exact) mass is 221 g/mol. The van der Waals surface area contributed by atoms with Gasteiger partial charge in [0.15, 0.2) is 0 Å². The van der Waals surface area contributed by atoms with Crippen LogP contribution in [0.5, 0.6) is 0 Å². The molecule has 0 fully saturated rings. The fourth-order valence-electron chi connectivity index (χ4n) is 1.46. The van der Waals surface area contributed by atoms with Crippen molar-refractivity contribution in [1.82, 2.24) is 4.98 Å². The van der Waals surface area contributed by atoms with E-state index in [-0.39, 0.29) is 5.97 Å². The lowest BCUT2D eigenvalue weighted by Crippen LogP contribution is -2.01. The molecule has 0 radical (unpaired) electrons. The van der Waals surface area contributed by atoms with E-state index in [0.717, 1.165) is 10.8 Å². The van der Waals surface area contributed by atoms with E-state index >= 15 is 0 Å². The first kappa shape index (κ1) is 9.93. The first-order chi connectivity index (χ1) is 7.24. The Labute approximate surface area is 91.6 Å². The molecule has 1 heterocycles. The van der Waals surface area contributed by atoms with Gasteiger partial charge in [-0.15, -0.1) is 0 Å². The van der Waals surface area contributed by atoms with Crippen LogP contribution >= 0.6 is 11.6 Å². The highest BCUT2D eigenvalue weighted by molar-refractivity contribution is 6.34. The third-order valence-corrected chi connectivity index (χ3v) is 2.46. The summed E-state index contributed by atoms with van der Waals surface area (Å²) in [4.78, 5) is 15.4. The lowest BCUT2D eigenvalue weighted by molar-refractivity contribution is 0.0603. The highest BCUT2D eigenvalue weighted by Gasteiger charge is 2.10. The maximum absolute atomic E-state index is 11.5. The average Bonchev–Trinajstić information content (AvgIpc) is 2.28. The smallest absolute Gasteiger partial charge is 0.338 e. The molecule has 0 bridgehead atoms. The van der Waals surface area contributed by atoms with Crippen LogP contribution in [0.3, 0.4) is 0 Å². The third kappa shape index (κ3) is 1.66. The summed E-state index contributed by atoms with van der Waals surface area (Å²) in [5.41, 5.74) is 0.499. The molecular formula is C11H8ClNO2. The zero-order valence-electron chi connectivity index (χ0n) is 8.03. The summed E-state index contributed by atoms with van der Waals surface area (Å²) in [5.74, 6) is -0.372. The topological polar surface area (TPSA) is 39.2 Å². The highest BCUT2D eigenvalue weighted by atomic mass is 35.5. The Morgan fingerprint density at radius 2 is 2.13 bits per heavy atom. The molecule has 0 aliphatic carbocycles. The summed E-state index contributed by atoms with van der Waals surface area (Å²) in [6.07, 6.45) is 1.57. The number of hydrogen-bond acceptors (Lipinski definition) is 3. The molecular weight excluding hydrogens is 214 g/mol. The van der Waals surface area contributed by atoms with Gasteiger partial charge in [-0.1, -0.05) is 23.7 Å². The number of ether oxygens (including phenoxy) is 1. The Bertz CT molecular complexity index is 525. The standard InChI is InChI=1S/C11H8ClNO2/c1-15-11(14)9-4-2-3-8-7(9)5-6-13-10(8)12/h2-6H,1H3. The number of pyridine rings is 1. The van der Waals surface area contributed by atoms with Gasteiger partial charge in [0.25, 0.3) is 0 Å². The number of benzene rings is 1. The molecule has 15 heavy (non-hydrogen) atoms. The Morgan fingerprint density at radius 1 is 1.33 bits per heavy atom. The Morgan fingerprint density at radius 3 is 2.87 bits per heavy atom. The molecule has 0 amide bonds. The molecule has 0 atom stereocenters. The number of fused-ring (bicyclic) bond motifs is 1. The quantitative estimate of drug-likeness (QED) is 0.549. The second-order valence-corrected chi connectivity index (χ2v) is 3.35. The van der Waals surface area contributed by atoms with Gasteiger partial charge in [0.2, 0.25) is 0 Å². The first-order valence-electron chi connectivity index (χ1n) is 4.35. The molecule has 0 N–H and O–H groups in total. The molecule has 1 aromatic carbocycles. The number of hydrogen-bond donors (Lipinski definition) is 0. The van der Waals surface area contributed by atoms with E-state index in [1.807, 2.05) is 6.07 Å². The zero-order chi connectivity index (χ0) is 10.8. The number of aromatic nitrogens is 1. The Kier molecular flexibility index (Phi) is 2.56. The second-order valence-electron chi connectivity index (χ2n) is 2.99. The summed E-state index contributed by atoms with van der Waals surface area (Å²) >= 11 is 5.91. The van der Waals surface area contributed by atoms with Gasteiger partial charge in [0.1, 0.15) is 5.15 Å². The zero-order valence-corrected chi connectivity index (χ0v) is 8.78. The number of carbonyl (C=O) groups excluding carboxylic acids is 1. The van der Waals surface area contributed by atoms with Gasteiger partial charge in [-0.3, -0.25) is 0 Å². The van der Waals surface area contributed by atoms with Crippen LogP contribution in [-0.4, -0.2) is 18.1 Å². The van der Waals surface area contributed by atoms with Crippen molar-refractivity contribution in [2.75, 3.05) is 7.11 Å². The van der Waals surface area contributed by atoms with Crippen LogP contribution in [0.1, 0.15) is 10.4 Å². The van der Waals surface area contributed by atoms with Crippen molar-refractivity contribution in [2.24, 2.45) is 0 Å². The van der Waals surface area contributed by atoms with Gasteiger partial charge < -0.3 is 4.74 Å². The molecule has 1 aromatic heterocycles. The number of halogens is 1. The lowest BCUT2D eigenvalue weighted by Gasteiger charge is -2.04. The molecule has 0 saturated heterocycles. The molecule has 0 spiro atoms. The van der Waals surface area contributed by atoms with Crippen LogP contribution in [0, 0.1) is 0 Å². The summed E-state index contributed by atoms with van der Waals surface area (Å²) < 4.78 is 4.68. The van der Waals surface area contributed by atoms with E-state index in [1.54, 1.807) is 24.4 Å². The Balaban J connectivity index is 2.77. The lowest BCUT2D eigenvalue weighted by atomic mass is 10.1. The third-order valence-electron chi connectivity index (χ3n) is 2.16. The molecule has 0 aliphatic heterocycles. The number of rotatable bonds is 1. The summed E-state index contributed by atoms with van der Waals surface area (Å²) in [6, 6.07) is 7.01. The maximum atomic E-state index is 11.5. The predicted octanol–water partition coefficient (Wildman–Crippen LogP) is 2.67. The Hall–Kier alpha value is -1.61. The van der Waals surface area contributed by atoms with Gasteiger partial charge in [0.05, 0.1) is 12.7 Å². The molecule has 0 unspecified atom stereocenters. The molecule has 0 aliphatic rings. The van der Waals surface area contributed by atoms with Crippen molar-refractivity contribution in [3.05, 3.63) is 41.2 Å². The van der Waals surface area contributed by atoms with E-state index in [4.69, 9.17) is 11.6 Å². The van der Waals surface area contributed by atoms with E-state index in [2.05, 4.69) is 9.72 Å². The number of esters is 1. The molecule has 0 saturated carbocycles. The van der Waals surface area contributed by atoms with Crippen LogP contribution in [0.4, 0.5) is 0 Å². The van der Waals surface area contributed by atoms with Crippen molar-refractivity contribution >= 4 is 28.3 Å². The number of nitrogens with zero attached hydrogens (tertiary/aromatic N) is 1. The van der Waals surface area contributed by atoms with Crippen LogP contribution in [0.25, 0.3) is 10.8 Å². The normalized spacial score (nSPS) is 10.3. The predicted molar refractivity (Wildman–Crippen MR) is 58.1 cm³/mol. The van der Waals surface area contributed by atoms with Crippen LogP contribution in [-0.2, 0) is 4.74 Å². The number of carbonyl (C=O) groups is 1. The minimum atomic E-state index is -0.372. The molecule has 2 aromatic rings. The highest BCUT2D eigenvalue weighted by Crippen LogP contribution is 2.24. The van der Waals surface area contributed by atoms with Crippen molar-refractivity contribution in [1.29, 1.82) is 0 Å². The molecule has 4 heteroatoms. The van der Waals surface area contributed by atoms with Crippen LogP contribution < -0.4 is 0 Å². The van der Waals surface area contributed by atoms with Crippen molar-refractivity contribution in [2.45, 2.75) is 0 Å². The average molecular weight is 222 g/mol. The van der Waals surface area contributed by atoms with E-state index in [1.165, 1.54) is 7.11 Å². The fourth-order valence-corrected chi connectivity index (χ4v) is 1.68. The molecule has 2 rings (SSSR count). The van der Waals surface area contributed by atoms with Gasteiger partial charge in [0, 0.05) is 17.0 Å². The molecule has 76 valence electrons. The van der Waals surface area contributed by atoms with Crippen molar-refractivity contribution < 1.29 is 9.53 Å². The number of methoxy groups -OCH3 is 1. The van der Waals surface area contributed by atoms with Gasteiger partial charge >= 0.3 is 5.97 Å². The van der Waals surface area contributed by atoms with Gasteiger partial charge in [-0.05, 0) is 12.1 Å². The summed E-state index contributed by atoms with van der Waals surface area (Å²) in [6.45, 7) is 0. The van der Waals surface area contributed by atoms with Crippen molar-refractivity contribution in [3.8, 4) is 0 Å². The van der Waals surface area contributed by atoms with E-state index in [0.29, 0.717) is 10.7 Å². The fraction of sp³-hybridized carbons (Fsp3) is 0.0909. The SMILES string of the molecule is COC(=O)c1cccc2c(Cl)nccc12. The molecule has 3 nitrogen and oxygen atoms in total. The second kappa shape index (κ2) is 3.87. The first-order valence-corrected chi connectivity index (χ1v) is 4.73. The summed E-state index contributed by atoms with van der Waals surface area (Å²) in [5, 5.41) is 1.89. The maximum Gasteiger partial charge on any atom is 0.338 e.